The van der Waals surface area contributed by atoms with Gasteiger partial charge < -0.3 is 15.0 Å². The van der Waals surface area contributed by atoms with E-state index in [0.717, 1.165) is 55.1 Å². The molecule has 1 fully saturated rings. The Bertz CT molecular complexity index is 1200. The average molecular weight is 438 g/mol. The number of nitrogens with zero attached hydrogens (tertiary/aromatic N) is 3. The van der Waals surface area contributed by atoms with Crippen LogP contribution in [0.15, 0.2) is 54.9 Å². The van der Waals surface area contributed by atoms with E-state index in [-0.39, 0.29) is 5.02 Å². The molecule has 5 rings (SSSR count). The summed E-state index contributed by atoms with van der Waals surface area (Å²) in [4.78, 5) is 14.4. The van der Waals surface area contributed by atoms with Gasteiger partial charge in [-0.3, -0.25) is 4.90 Å². The van der Waals surface area contributed by atoms with Gasteiger partial charge in [0, 0.05) is 31.0 Å². The molecule has 0 saturated carbocycles. The van der Waals surface area contributed by atoms with Gasteiger partial charge >= 0.3 is 0 Å². The van der Waals surface area contributed by atoms with E-state index in [9.17, 15) is 4.39 Å². The number of aromatic amines is 1. The topological polar surface area (TPSA) is 66.1 Å². The van der Waals surface area contributed by atoms with Crippen molar-refractivity contribution >= 4 is 34.1 Å². The lowest BCUT2D eigenvalue weighted by Gasteiger charge is -2.26. The van der Waals surface area contributed by atoms with Crippen molar-refractivity contribution in [3.05, 3.63) is 71.3 Å². The number of hydrogen-bond acceptors (Lipinski definition) is 5. The molecule has 0 atom stereocenters. The zero-order valence-corrected chi connectivity index (χ0v) is 17.5. The summed E-state index contributed by atoms with van der Waals surface area (Å²) in [6.45, 7) is 4.47. The van der Waals surface area contributed by atoms with Crippen LogP contribution in [-0.2, 0) is 11.3 Å². The van der Waals surface area contributed by atoms with Gasteiger partial charge in [-0.15, -0.1) is 0 Å². The van der Waals surface area contributed by atoms with Crippen molar-refractivity contribution in [1.82, 2.24) is 19.9 Å². The smallest absolute Gasteiger partial charge is 0.143 e. The maximum absolute atomic E-state index is 13.4. The molecule has 0 bridgehead atoms. The molecule has 3 heterocycles. The second kappa shape index (κ2) is 8.63. The highest BCUT2D eigenvalue weighted by Crippen LogP contribution is 2.29. The summed E-state index contributed by atoms with van der Waals surface area (Å²) in [6.07, 6.45) is 1.49. The van der Waals surface area contributed by atoms with Gasteiger partial charge in [-0.25, -0.2) is 14.4 Å². The first-order valence-electron chi connectivity index (χ1n) is 10.1. The van der Waals surface area contributed by atoms with Crippen molar-refractivity contribution in [2.24, 2.45) is 0 Å². The minimum atomic E-state index is -0.457. The van der Waals surface area contributed by atoms with E-state index >= 15 is 0 Å². The minimum Gasteiger partial charge on any atom is -0.379 e. The summed E-state index contributed by atoms with van der Waals surface area (Å²) in [5, 5.41) is 4.10. The molecule has 8 heteroatoms. The Hall–Kier alpha value is -3.00. The highest BCUT2D eigenvalue weighted by atomic mass is 35.5. The molecule has 0 spiro atoms. The molecule has 0 radical (unpaired) electrons. The molecule has 1 saturated heterocycles. The molecule has 2 aromatic heterocycles. The summed E-state index contributed by atoms with van der Waals surface area (Å²) in [5.74, 6) is 0.167. The van der Waals surface area contributed by atoms with Crippen molar-refractivity contribution in [2.45, 2.75) is 6.54 Å². The molecule has 0 aliphatic carbocycles. The number of morpholine rings is 1. The van der Waals surface area contributed by atoms with Crippen molar-refractivity contribution in [3.63, 3.8) is 0 Å². The highest BCUT2D eigenvalue weighted by Gasteiger charge is 2.13. The van der Waals surface area contributed by atoms with E-state index in [1.165, 1.54) is 24.0 Å². The Morgan fingerprint density at radius 3 is 2.65 bits per heavy atom. The minimum absolute atomic E-state index is 0.0576. The maximum atomic E-state index is 13.4. The number of H-pyrrole nitrogens is 1. The molecule has 158 valence electrons. The van der Waals surface area contributed by atoms with Crippen molar-refractivity contribution in [2.75, 3.05) is 31.6 Å². The standard InChI is InChI=1S/C23H21ClFN5O/c24-19-11-17(5-6-20(19)25)28-22-18-12-21(29-23(18)27-14-26-22)16-3-1-15(2-4-16)13-30-7-9-31-10-8-30/h1-6,11-12,14H,7-10,13H2,(H2,26,27,28,29). The number of benzene rings is 2. The summed E-state index contributed by atoms with van der Waals surface area (Å²) in [5.41, 5.74) is 4.67. The lowest BCUT2D eigenvalue weighted by atomic mass is 10.1. The van der Waals surface area contributed by atoms with Gasteiger partial charge in [-0.1, -0.05) is 35.9 Å². The molecule has 0 amide bonds. The molecule has 31 heavy (non-hydrogen) atoms. The van der Waals surface area contributed by atoms with Gasteiger partial charge in [0.2, 0.25) is 0 Å². The molecular weight excluding hydrogens is 417 g/mol. The Labute approximate surface area is 184 Å². The summed E-state index contributed by atoms with van der Waals surface area (Å²) >= 11 is 5.89. The van der Waals surface area contributed by atoms with Gasteiger partial charge in [-0.05, 0) is 35.4 Å². The molecule has 1 aliphatic rings. The van der Waals surface area contributed by atoms with Gasteiger partial charge in [0.05, 0.1) is 23.6 Å². The monoisotopic (exact) mass is 437 g/mol. The highest BCUT2D eigenvalue weighted by molar-refractivity contribution is 6.31. The van der Waals surface area contributed by atoms with E-state index in [2.05, 4.69) is 49.4 Å². The van der Waals surface area contributed by atoms with Crippen molar-refractivity contribution in [1.29, 1.82) is 0 Å². The molecule has 2 N–H and O–H groups in total. The van der Waals surface area contributed by atoms with Crippen LogP contribution in [0.1, 0.15) is 5.56 Å². The zero-order chi connectivity index (χ0) is 21.2. The van der Waals surface area contributed by atoms with Crippen LogP contribution in [0.3, 0.4) is 0 Å². The molecule has 0 unspecified atom stereocenters. The SMILES string of the molecule is Fc1ccc(Nc2ncnc3[nH]c(-c4ccc(CN5CCOCC5)cc4)cc23)cc1Cl. The van der Waals surface area contributed by atoms with Gasteiger partial charge in [0.15, 0.2) is 0 Å². The third kappa shape index (κ3) is 4.39. The second-order valence-electron chi connectivity index (χ2n) is 7.51. The number of rotatable bonds is 5. The predicted molar refractivity (Wildman–Crippen MR) is 120 cm³/mol. The number of nitrogens with one attached hydrogen (secondary N) is 2. The van der Waals surface area contributed by atoms with Crippen LogP contribution in [0, 0.1) is 5.82 Å². The third-order valence-electron chi connectivity index (χ3n) is 5.38. The van der Waals surface area contributed by atoms with E-state index < -0.39 is 5.82 Å². The predicted octanol–water partition coefficient (Wildman–Crippen LogP) is 4.99. The number of aromatic nitrogens is 3. The molecule has 6 nitrogen and oxygen atoms in total. The van der Waals surface area contributed by atoms with Crippen LogP contribution in [0.5, 0.6) is 0 Å². The Morgan fingerprint density at radius 2 is 1.87 bits per heavy atom. The lowest BCUT2D eigenvalue weighted by molar-refractivity contribution is 0.0342. The number of ether oxygens (including phenoxy) is 1. The van der Waals surface area contributed by atoms with Crippen LogP contribution in [0.4, 0.5) is 15.9 Å². The largest absolute Gasteiger partial charge is 0.379 e. The Morgan fingerprint density at radius 1 is 1.06 bits per heavy atom. The van der Waals surface area contributed by atoms with Crippen LogP contribution in [0.2, 0.25) is 5.02 Å². The van der Waals surface area contributed by atoms with Crippen LogP contribution >= 0.6 is 11.6 Å². The third-order valence-corrected chi connectivity index (χ3v) is 5.67. The average Bonchev–Trinajstić information content (AvgIpc) is 3.23. The Kier molecular flexibility index (Phi) is 5.55. The fourth-order valence-corrected chi connectivity index (χ4v) is 3.89. The van der Waals surface area contributed by atoms with E-state index in [0.29, 0.717) is 11.5 Å². The van der Waals surface area contributed by atoms with E-state index in [1.54, 1.807) is 6.07 Å². The first kappa shape index (κ1) is 19.9. The quantitative estimate of drug-likeness (QED) is 0.460. The summed E-state index contributed by atoms with van der Waals surface area (Å²) < 4.78 is 18.9. The summed E-state index contributed by atoms with van der Waals surface area (Å²) in [7, 11) is 0. The molecule has 4 aromatic rings. The normalized spacial score (nSPS) is 14.8. The van der Waals surface area contributed by atoms with Gasteiger partial charge in [0.1, 0.15) is 23.6 Å². The van der Waals surface area contributed by atoms with Crippen LogP contribution < -0.4 is 5.32 Å². The molecule has 1 aliphatic heterocycles. The fourth-order valence-electron chi connectivity index (χ4n) is 3.71. The first-order valence-corrected chi connectivity index (χ1v) is 10.5. The second-order valence-corrected chi connectivity index (χ2v) is 7.91. The number of halogens is 2. The lowest BCUT2D eigenvalue weighted by Crippen LogP contribution is -2.35. The van der Waals surface area contributed by atoms with Gasteiger partial charge in [-0.2, -0.15) is 0 Å². The Balaban J connectivity index is 1.38. The van der Waals surface area contributed by atoms with Gasteiger partial charge in [0.25, 0.3) is 0 Å². The molecule has 2 aromatic carbocycles. The van der Waals surface area contributed by atoms with Crippen LogP contribution in [0.25, 0.3) is 22.3 Å². The number of fused-ring (bicyclic) bond motifs is 1. The number of hydrogen-bond donors (Lipinski definition) is 2. The van der Waals surface area contributed by atoms with Crippen molar-refractivity contribution < 1.29 is 9.13 Å². The summed E-state index contributed by atoms with van der Waals surface area (Å²) in [6, 6.07) is 15.0. The fraction of sp³-hybridized carbons (Fsp3) is 0.217. The van der Waals surface area contributed by atoms with Crippen molar-refractivity contribution in [3.8, 4) is 11.3 Å². The maximum Gasteiger partial charge on any atom is 0.143 e. The number of anilines is 2. The first-order chi connectivity index (χ1) is 15.2. The molecular formula is C23H21ClFN5O. The van der Waals surface area contributed by atoms with Crippen LogP contribution in [-0.4, -0.2) is 46.2 Å². The van der Waals surface area contributed by atoms with E-state index in [4.69, 9.17) is 16.3 Å². The van der Waals surface area contributed by atoms with E-state index in [1.807, 2.05) is 6.07 Å². The zero-order valence-electron chi connectivity index (χ0n) is 16.7.